The maximum Gasteiger partial charge on any atom is 0.242 e. The van der Waals surface area contributed by atoms with Crippen molar-refractivity contribution in [2.45, 2.75) is 58.9 Å². The number of hydrogen-bond donors (Lipinski definition) is 2. The van der Waals surface area contributed by atoms with Gasteiger partial charge in [0.1, 0.15) is 6.04 Å². The average Bonchev–Trinajstić information content (AvgIpc) is 2.77. The van der Waals surface area contributed by atoms with Crippen molar-refractivity contribution in [3.63, 3.8) is 0 Å². The van der Waals surface area contributed by atoms with Crippen LogP contribution in [0.1, 0.15) is 52.0 Å². The van der Waals surface area contributed by atoms with Crippen LogP contribution in [0.4, 0.5) is 0 Å². The normalized spacial score (nSPS) is 15.1. The second kappa shape index (κ2) is 13.9. The van der Waals surface area contributed by atoms with E-state index in [2.05, 4.69) is 36.6 Å². The molecule has 1 aromatic rings. The first-order valence-electron chi connectivity index (χ1n) is 11.5. The van der Waals surface area contributed by atoms with E-state index in [9.17, 15) is 14.4 Å². The van der Waals surface area contributed by atoms with Gasteiger partial charge < -0.3 is 10.6 Å². The Morgan fingerprint density at radius 1 is 1.06 bits per heavy atom. The zero-order valence-electron chi connectivity index (χ0n) is 19.4. The van der Waals surface area contributed by atoms with E-state index >= 15 is 0 Å². The minimum atomic E-state index is -0.635. The van der Waals surface area contributed by atoms with Crippen molar-refractivity contribution in [1.82, 2.24) is 10.6 Å². The lowest BCUT2D eigenvalue weighted by Gasteiger charge is -2.24. The summed E-state index contributed by atoms with van der Waals surface area (Å²) in [4.78, 5) is 37.5. The van der Waals surface area contributed by atoms with E-state index in [0.29, 0.717) is 31.1 Å². The van der Waals surface area contributed by atoms with Crippen LogP contribution in [0.3, 0.4) is 0 Å². The van der Waals surface area contributed by atoms with Gasteiger partial charge in [0.15, 0.2) is 5.12 Å². The zero-order chi connectivity index (χ0) is 23.3. The largest absolute Gasteiger partial charge is 0.354 e. The molecular formula is C26H36N2O3S. The lowest BCUT2D eigenvalue weighted by Crippen LogP contribution is -2.49. The molecule has 174 valence electrons. The number of benzene rings is 1. The summed E-state index contributed by atoms with van der Waals surface area (Å²) in [5.74, 6) is 0.122. The van der Waals surface area contributed by atoms with E-state index in [1.54, 1.807) is 0 Å². The van der Waals surface area contributed by atoms with Crippen molar-refractivity contribution in [1.29, 1.82) is 0 Å². The molecule has 0 radical (unpaired) electrons. The molecule has 2 atom stereocenters. The van der Waals surface area contributed by atoms with Crippen LogP contribution < -0.4 is 10.6 Å². The molecular weight excluding hydrogens is 420 g/mol. The zero-order valence-corrected chi connectivity index (χ0v) is 20.3. The highest BCUT2D eigenvalue weighted by Gasteiger charge is 2.27. The third-order valence-electron chi connectivity index (χ3n) is 5.31. The molecule has 1 aliphatic rings. The fourth-order valence-corrected chi connectivity index (χ4v) is 4.41. The van der Waals surface area contributed by atoms with Gasteiger partial charge in [0.05, 0.1) is 0 Å². The van der Waals surface area contributed by atoms with Crippen molar-refractivity contribution in [3.05, 3.63) is 59.7 Å². The van der Waals surface area contributed by atoms with Crippen LogP contribution in [0.15, 0.2) is 54.1 Å². The van der Waals surface area contributed by atoms with Gasteiger partial charge in [-0.05, 0) is 42.7 Å². The maximum absolute atomic E-state index is 13.1. The Morgan fingerprint density at radius 3 is 2.44 bits per heavy atom. The molecule has 0 fully saturated rings. The van der Waals surface area contributed by atoms with Gasteiger partial charge in [-0.3, -0.25) is 14.4 Å². The summed E-state index contributed by atoms with van der Waals surface area (Å²) in [6, 6.07) is 9.37. The van der Waals surface area contributed by atoms with Crippen LogP contribution in [0, 0.1) is 11.8 Å². The highest BCUT2D eigenvalue weighted by Crippen LogP contribution is 2.20. The highest BCUT2D eigenvalue weighted by molar-refractivity contribution is 8.13. The molecule has 0 aromatic heterocycles. The summed E-state index contributed by atoms with van der Waals surface area (Å²) >= 11 is 1.17. The minimum absolute atomic E-state index is 0.000686. The van der Waals surface area contributed by atoms with E-state index in [4.69, 9.17) is 0 Å². The molecule has 1 aromatic carbocycles. The molecule has 0 bridgehead atoms. The van der Waals surface area contributed by atoms with Crippen LogP contribution in [-0.4, -0.2) is 35.3 Å². The smallest absolute Gasteiger partial charge is 0.242 e. The molecule has 6 heteroatoms. The second-order valence-corrected chi connectivity index (χ2v) is 9.88. The molecule has 0 aliphatic heterocycles. The molecule has 2 N–H and O–H groups in total. The van der Waals surface area contributed by atoms with Crippen molar-refractivity contribution < 1.29 is 14.4 Å². The van der Waals surface area contributed by atoms with Gasteiger partial charge in [-0.1, -0.05) is 74.2 Å². The van der Waals surface area contributed by atoms with Gasteiger partial charge in [-0.15, -0.1) is 0 Å². The molecule has 32 heavy (non-hydrogen) atoms. The number of nitrogens with one attached hydrogen (secondary N) is 2. The Bertz CT molecular complexity index is 818. The summed E-state index contributed by atoms with van der Waals surface area (Å²) in [7, 11) is 0. The minimum Gasteiger partial charge on any atom is -0.354 e. The van der Waals surface area contributed by atoms with Gasteiger partial charge in [0.2, 0.25) is 11.8 Å². The molecule has 2 rings (SSSR count). The molecule has 0 spiro atoms. The monoisotopic (exact) mass is 456 g/mol. The van der Waals surface area contributed by atoms with Gasteiger partial charge in [-0.25, -0.2) is 0 Å². The number of amides is 2. The highest BCUT2D eigenvalue weighted by atomic mass is 32.2. The van der Waals surface area contributed by atoms with Crippen LogP contribution in [0.25, 0.3) is 0 Å². The van der Waals surface area contributed by atoms with Gasteiger partial charge in [0, 0.05) is 31.6 Å². The quantitative estimate of drug-likeness (QED) is 0.488. The Morgan fingerprint density at radius 2 is 1.81 bits per heavy atom. The molecule has 5 nitrogen and oxygen atoms in total. The number of carbonyl (C=O) groups is 3. The van der Waals surface area contributed by atoms with Crippen molar-refractivity contribution in [2.75, 3.05) is 12.3 Å². The lowest BCUT2D eigenvalue weighted by atomic mass is 9.96. The Kier molecular flexibility index (Phi) is 11.3. The Balaban J connectivity index is 2.03. The third kappa shape index (κ3) is 9.86. The van der Waals surface area contributed by atoms with Gasteiger partial charge >= 0.3 is 0 Å². The number of hydrogen-bond acceptors (Lipinski definition) is 4. The first kappa shape index (κ1) is 25.9. The molecule has 2 amide bonds. The number of rotatable bonds is 12. The molecule has 0 saturated heterocycles. The van der Waals surface area contributed by atoms with Gasteiger partial charge in [-0.2, -0.15) is 0 Å². The van der Waals surface area contributed by atoms with E-state index in [1.165, 1.54) is 18.7 Å². The SMILES string of the molecule is CC(=O)SCC(CC(C)C)C(=O)NC(CC1=CCCC=C1)C(=O)NCCc1ccccc1. The molecule has 0 heterocycles. The summed E-state index contributed by atoms with van der Waals surface area (Å²) in [6.45, 7) is 6.15. The van der Waals surface area contributed by atoms with Crippen LogP contribution in [-0.2, 0) is 20.8 Å². The fourth-order valence-electron chi connectivity index (χ4n) is 3.69. The summed E-state index contributed by atoms with van der Waals surface area (Å²) in [6.07, 6.45) is 10.1. The van der Waals surface area contributed by atoms with Crippen LogP contribution >= 0.6 is 11.8 Å². The Hall–Kier alpha value is -2.34. The predicted octanol–water partition coefficient (Wildman–Crippen LogP) is 4.44. The van der Waals surface area contributed by atoms with Gasteiger partial charge in [0.25, 0.3) is 0 Å². The lowest BCUT2D eigenvalue weighted by molar-refractivity contribution is -0.131. The summed E-state index contributed by atoms with van der Waals surface area (Å²) in [5.41, 5.74) is 2.22. The maximum atomic E-state index is 13.1. The number of carbonyl (C=O) groups excluding carboxylic acids is 3. The number of allylic oxidation sites excluding steroid dienone is 3. The first-order chi connectivity index (χ1) is 15.3. The fraction of sp³-hybridized carbons (Fsp3) is 0.500. The predicted molar refractivity (Wildman–Crippen MR) is 132 cm³/mol. The van der Waals surface area contributed by atoms with Crippen molar-refractivity contribution in [2.24, 2.45) is 11.8 Å². The molecule has 0 saturated carbocycles. The van der Waals surface area contributed by atoms with Crippen LogP contribution in [0.2, 0.25) is 0 Å². The summed E-state index contributed by atoms with van der Waals surface area (Å²) < 4.78 is 0. The standard InChI is InChI=1S/C26H36N2O3S/c1-19(2)16-23(18-32-20(3)29)25(30)28-24(17-22-12-8-5-9-13-22)26(31)27-15-14-21-10-6-4-7-11-21/h4,6-8,10-13,19,23-24H,5,9,14-18H2,1-3H3,(H,27,31)(H,28,30). The average molecular weight is 457 g/mol. The third-order valence-corrected chi connectivity index (χ3v) is 6.29. The first-order valence-corrected chi connectivity index (χ1v) is 12.4. The van der Waals surface area contributed by atoms with E-state index < -0.39 is 6.04 Å². The molecule has 1 aliphatic carbocycles. The van der Waals surface area contributed by atoms with Crippen LogP contribution in [0.5, 0.6) is 0 Å². The second-order valence-electron chi connectivity index (χ2n) is 8.68. The Labute approximate surface area is 196 Å². The number of thioether (sulfide) groups is 1. The van der Waals surface area contributed by atoms with E-state index in [1.807, 2.05) is 36.4 Å². The van der Waals surface area contributed by atoms with Crippen molar-refractivity contribution >= 4 is 28.7 Å². The van der Waals surface area contributed by atoms with E-state index in [0.717, 1.165) is 30.4 Å². The molecule has 2 unspecified atom stereocenters. The topological polar surface area (TPSA) is 75.3 Å². The van der Waals surface area contributed by atoms with Crippen molar-refractivity contribution in [3.8, 4) is 0 Å². The van der Waals surface area contributed by atoms with E-state index in [-0.39, 0.29) is 22.8 Å². The summed E-state index contributed by atoms with van der Waals surface area (Å²) in [5, 5.41) is 5.98.